The van der Waals surface area contributed by atoms with Crippen molar-refractivity contribution in [2.75, 3.05) is 31.1 Å². The molecule has 1 aliphatic rings. The van der Waals surface area contributed by atoms with Crippen molar-refractivity contribution in [1.29, 1.82) is 0 Å². The molecule has 1 unspecified atom stereocenters. The molecule has 0 amide bonds. The molecule has 0 bridgehead atoms. The fourth-order valence-electron chi connectivity index (χ4n) is 3.04. The van der Waals surface area contributed by atoms with Gasteiger partial charge in [0.2, 0.25) is 0 Å². The highest BCUT2D eigenvalue weighted by Gasteiger charge is 2.32. The van der Waals surface area contributed by atoms with Crippen molar-refractivity contribution >= 4 is 5.69 Å². The summed E-state index contributed by atoms with van der Waals surface area (Å²) in [5.74, 6) is -0.150. The molecule has 1 aromatic rings. The van der Waals surface area contributed by atoms with Gasteiger partial charge in [-0.05, 0) is 50.9 Å². The predicted octanol–water partition coefficient (Wildman–Crippen LogP) is 3.43. The van der Waals surface area contributed by atoms with E-state index in [4.69, 9.17) is 0 Å². The largest absolute Gasteiger partial charge is 0.371 e. The number of nitrogens with one attached hydrogen (secondary N) is 1. The molecule has 106 valence electrons. The van der Waals surface area contributed by atoms with Gasteiger partial charge in [0.25, 0.3) is 0 Å². The summed E-state index contributed by atoms with van der Waals surface area (Å²) in [6.45, 7) is 8.56. The van der Waals surface area contributed by atoms with Gasteiger partial charge in [-0.1, -0.05) is 13.0 Å². The second kappa shape index (κ2) is 6.38. The average molecular weight is 264 g/mol. The van der Waals surface area contributed by atoms with Crippen LogP contribution in [0.5, 0.6) is 0 Å². The molecule has 19 heavy (non-hydrogen) atoms. The molecule has 2 nitrogen and oxygen atoms in total. The van der Waals surface area contributed by atoms with E-state index in [-0.39, 0.29) is 5.82 Å². The summed E-state index contributed by atoms with van der Waals surface area (Å²) in [6, 6.07) is 6.95. The molecule has 0 aromatic heterocycles. The molecular weight excluding hydrogens is 239 g/mol. The summed E-state index contributed by atoms with van der Waals surface area (Å²) in [4.78, 5) is 2.31. The molecule has 3 heteroatoms. The maximum Gasteiger partial charge on any atom is 0.125 e. The van der Waals surface area contributed by atoms with Gasteiger partial charge in [-0.2, -0.15) is 0 Å². The average Bonchev–Trinajstić information content (AvgIpc) is 2.46. The van der Waals surface area contributed by atoms with E-state index in [2.05, 4.69) is 24.1 Å². The van der Waals surface area contributed by atoms with Crippen molar-refractivity contribution in [2.24, 2.45) is 5.41 Å². The summed E-state index contributed by atoms with van der Waals surface area (Å²) < 4.78 is 13.4. The van der Waals surface area contributed by atoms with Crippen molar-refractivity contribution in [1.82, 2.24) is 5.32 Å². The minimum absolute atomic E-state index is 0.150. The van der Waals surface area contributed by atoms with Gasteiger partial charge in [-0.25, -0.2) is 4.39 Å². The molecule has 1 fully saturated rings. The van der Waals surface area contributed by atoms with E-state index >= 15 is 0 Å². The van der Waals surface area contributed by atoms with E-state index in [1.807, 2.05) is 6.07 Å². The Morgan fingerprint density at radius 1 is 1.37 bits per heavy atom. The van der Waals surface area contributed by atoms with Crippen molar-refractivity contribution in [3.8, 4) is 0 Å². The Morgan fingerprint density at radius 2 is 2.21 bits per heavy atom. The van der Waals surface area contributed by atoms with Crippen LogP contribution in [0.4, 0.5) is 10.1 Å². The standard InChI is InChI=1S/C16H25FN2/c1-3-16(9-6-10-18-12-16)13-19(4-2)15-8-5-7-14(17)11-15/h5,7-8,11,18H,3-4,6,9-10,12-13H2,1-2H3. The summed E-state index contributed by atoms with van der Waals surface area (Å²) in [5.41, 5.74) is 1.33. The lowest BCUT2D eigenvalue weighted by molar-refractivity contribution is 0.205. The third kappa shape index (κ3) is 3.47. The highest BCUT2D eigenvalue weighted by Crippen LogP contribution is 2.32. The van der Waals surface area contributed by atoms with E-state index in [9.17, 15) is 4.39 Å². The Labute approximate surface area is 116 Å². The van der Waals surface area contributed by atoms with E-state index in [1.165, 1.54) is 25.3 Å². The van der Waals surface area contributed by atoms with Gasteiger partial charge in [0, 0.05) is 30.7 Å². The zero-order valence-electron chi connectivity index (χ0n) is 12.1. The summed E-state index contributed by atoms with van der Waals surface area (Å²) in [5, 5.41) is 3.52. The minimum Gasteiger partial charge on any atom is -0.371 e. The highest BCUT2D eigenvalue weighted by atomic mass is 19.1. The Morgan fingerprint density at radius 3 is 2.79 bits per heavy atom. The van der Waals surface area contributed by atoms with Crippen LogP contribution in [0.1, 0.15) is 33.1 Å². The molecule has 1 saturated heterocycles. The Bertz CT molecular complexity index is 399. The molecule has 0 saturated carbocycles. The molecule has 1 heterocycles. The van der Waals surface area contributed by atoms with Crippen molar-refractivity contribution in [2.45, 2.75) is 33.1 Å². The van der Waals surface area contributed by atoms with E-state index in [0.717, 1.165) is 31.9 Å². The fourth-order valence-corrected chi connectivity index (χ4v) is 3.04. The van der Waals surface area contributed by atoms with Crippen molar-refractivity contribution in [3.05, 3.63) is 30.1 Å². The molecule has 1 atom stereocenters. The van der Waals surface area contributed by atoms with Gasteiger partial charge < -0.3 is 10.2 Å². The third-order valence-electron chi connectivity index (χ3n) is 4.39. The van der Waals surface area contributed by atoms with E-state index in [0.29, 0.717) is 5.41 Å². The normalized spacial score (nSPS) is 23.3. The summed E-state index contributed by atoms with van der Waals surface area (Å²) in [6.07, 6.45) is 3.68. The first-order valence-corrected chi connectivity index (χ1v) is 7.40. The monoisotopic (exact) mass is 264 g/mol. The van der Waals surface area contributed by atoms with Crippen LogP contribution in [0.25, 0.3) is 0 Å². The zero-order valence-corrected chi connectivity index (χ0v) is 12.1. The zero-order chi connectivity index (χ0) is 13.7. The second-order valence-corrected chi connectivity index (χ2v) is 5.63. The Kier molecular flexibility index (Phi) is 4.81. The number of anilines is 1. The number of nitrogens with zero attached hydrogens (tertiary/aromatic N) is 1. The van der Waals surface area contributed by atoms with E-state index < -0.39 is 0 Å². The number of hydrogen-bond acceptors (Lipinski definition) is 2. The molecule has 2 rings (SSSR count). The van der Waals surface area contributed by atoms with Crippen LogP contribution in [0, 0.1) is 11.2 Å². The summed E-state index contributed by atoms with van der Waals surface area (Å²) >= 11 is 0. The molecule has 0 aliphatic carbocycles. The van der Waals surface area contributed by atoms with Gasteiger partial charge in [-0.3, -0.25) is 0 Å². The van der Waals surface area contributed by atoms with Crippen LogP contribution in [0.15, 0.2) is 24.3 Å². The topological polar surface area (TPSA) is 15.3 Å². The molecule has 1 aliphatic heterocycles. The third-order valence-corrected chi connectivity index (χ3v) is 4.39. The van der Waals surface area contributed by atoms with Crippen LogP contribution < -0.4 is 10.2 Å². The predicted molar refractivity (Wildman–Crippen MR) is 79.1 cm³/mol. The first kappa shape index (κ1) is 14.3. The lowest BCUT2D eigenvalue weighted by Crippen LogP contribution is -2.47. The summed E-state index contributed by atoms with van der Waals surface area (Å²) in [7, 11) is 0. The number of rotatable bonds is 5. The molecular formula is C16H25FN2. The molecule has 1 aromatic carbocycles. The van der Waals surface area contributed by atoms with Crippen LogP contribution in [-0.4, -0.2) is 26.2 Å². The van der Waals surface area contributed by atoms with Crippen LogP contribution >= 0.6 is 0 Å². The first-order valence-electron chi connectivity index (χ1n) is 7.40. The lowest BCUT2D eigenvalue weighted by Gasteiger charge is -2.41. The SMILES string of the molecule is CCN(CC1(CC)CCCNC1)c1cccc(F)c1. The Balaban J connectivity index is 2.13. The van der Waals surface area contributed by atoms with Crippen LogP contribution in [-0.2, 0) is 0 Å². The number of halogens is 1. The smallest absolute Gasteiger partial charge is 0.125 e. The number of hydrogen-bond donors (Lipinski definition) is 1. The molecule has 1 N–H and O–H groups in total. The molecule has 0 spiro atoms. The van der Waals surface area contributed by atoms with Crippen molar-refractivity contribution in [3.63, 3.8) is 0 Å². The Hall–Kier alpha value is -1.09. The highest BCUT2D eigenvalue weighted by molar-refractivity contribution is 5.46. The van der Waals surface area contributed by atoms with Crippen LogP contribution in [0.2, 0.25) is 0 Å². The van der Waals surface area contributed by atoms with E-state index in [1.54, 1.807) is 12.1 Å². The van der Waals surface area contributed by atoms with Gasteiger partial charge >= 0.3 is 0 Å². The van der Waals surface area contributed by atoms with Gasteiger partial charge in [0.1, 0.15) is 5.82 Å². The quantitative estimate of drug-likeness (QED) is 0.876. The number of piperidine rings is 1. The van der Waals surface area contributed by atoms with Gasteiger partial charge in [0.05, 0.1) is 0 Å². The fraction of sp³-hybridized carbons (Fsp3) is 0.625. The maximum absolute atomic E-state index is 13.4. The minimum atomic E-state index is -0.150. The second-order valence-electron chi connectivity index (χ2n) is 5.63. The molecule has 0 radical (unpaired) electrons. The lowest BCUT2D eigenvalue weighted by atomic mass is 9.78. The van der Waals surface area contributed by atoms with Gasteiger partial charge in [0.15, 0.2) is 0 Å². The first-order chi connectivity index (χ1) is 9.19. The van der Waals surface area contributed by atoms with Crippen molar-refractivity contribution < 1.29 is 4.39 Å². The van der Waals surface area contributed by atoms with Gasteiger partial charge in [-0.15, -0.1) is 0 Å². The van der Waals surface area contributed by atoms with Crippen LogP contribution in [0.3, 0.4) is 0 Å². The maximum atomic E-state index is 13.4. The number of benzene rings is 1.